The SMILES string of the molecule is [2H]c1c([2H])c([2H])c(-c2cccc(-c3c([2H])c([2H])c([2H])c([2H])c3[2H])c2-[n+]2cn(-c3cccc(-n4c5ccccc5c5cccnc54)c3)c3ccccc32)c([2H])c1[2H]. The van der Waals surface area contributed by atoms with Crippen LogP contribution in [0.15, 0.2) is 176 Å². The minimum absolute atomic E-state index is 0.0922. The van der Waals surface area contributed by atoms with E-state index in [2.05, 4.69) is 16.7 Å². The molecule has 6 aromatic carbocycles. The average Bonchev–Trinajstić information content (AvgIpc) is 3.77. The van der Waals surface area contributed by atoms with Gasteiger partial charge in [0.25, 0.3) is 6.33 Å². The van der Waals surface area contributed by atoms with Gasteiger partial charge in [-0.2, -0.15) is 9.13 Å². The van der Waals surface area contributed by atoms with Gasteiger partial charge in [0, 0.05) is 34.2 Å². The molecule has 0 fully saturated rings. The van der Waals surface area contributed by atoms with E-state index >= 15 is 0 Å². The van der Waals surface area contributed by atoms with Crippen LogP contribution in [0.25, 0.3) is 72.3 Å². The van der Waals surface area contributed by atoms with Crippen LogP contribution in [0.4, 0.5) is 0 Å². The summed E-state index contributed by atoms with van der Waals surface area (Å²) in [6.07, 6.45) is 3.57. The summed E-state index contributed by atoms with van der Waals surface area (Å²) in [5.41, 5.74) is 5.31. The van der Waals surface area contributed by atoms with E-state index in [1.807, 2.05) is 77.4 Å². The maximum Gasteiger partial charge on any atom is 0.255 e. The zero-order chi connectivity index (χ0) is 39.2. The fourth-order valence-electron chi connectivity index (χ4n) is 6.31. The fourth-order valence-corrected chi connectivity index (χ4v) is 6.31. The van der Waals surface area contributed by atoms with Gasteiger partial charge in [-0.1, -0.05) is 115 Å². The molecule has 0 aliphatic rings. The Bertz CT molecular complexity index is 2920. The molecule has 9 aromatic rings. The molecule has 0 aliphatic heterocycles. The lowest BCUT2D eigenvalue weighted by atomic mass is 9.95. The van der Waals surface area contributed by atoms with Crippen LogP contribution in [-0.2, 0) is 0 Å². The highest BCUT2D eigenvalue weighted by Crippen LogP contribution is 2.35. The highest BCUT2D eigenvalue weighted by Gasteiger charge is 2.25. The molecule has 0 spiro atoms. The highest BCUT2D eigenvalue weighted by atomic mass is 15.1. The second kappa shape index (κ2) is 10.7. The van der Waals surface area contributed by atoms with Gasteiger partial charge in [-0.3, -0.25) is 4.57 Å². The van der Waals surface area contributed by atoms with Crippen LogP contribution >= 0.6 is 0 Å². The Morgan fingerprint density at radius 2 is 1.20 bits per heavy atom. The molecule has 0 bridgehead atoms. The molecule has 3 aromatic heterocycles. The van der Waals surface area contributed by atoms with Crippen molar-refractivity contribution in [3.63, 3.8) is 0 Å². The number of imidazole rings is 1. The van der Waals surface area contributed by atoms with Gasteiger partial charge in [-0.25, -0.2) is 4.98 Å². The van der Waals surface area contributed by atoms with Crippen LogP contribution < -0.4 is 4.57 Å². The zero-order valence-electron chi connectivity index (χ0n) is 34.3. The minimum atomic E-state index is -0.547. The molecule has 216 valence electrons. The molecular weight excluding hydrogens is 560 g/mol. The Morgan fingerprint density at radius 1 is 0.565 bits per heavy atom. The van der Waals surface area contributed by atoms with E-state index in [0.717, 1.165) is 38.8 Å². The molecule has 0 N–H and O–H groups in total. The standard InChI is InChI=1S/C42H29N4/c1-3-14-30(15-4-1)34-21-12-22-35(31-16-5-2-6-17-31)41(34)45-29-44(39-25-9-10-26-40(39)45)32-18-11-19-33(28-32)46-38-24-8-7-20-36(38)37-23-13-27-43-42(37)46/h1-29H/q+1/i1D,2D,3D,4D,5D,6D,14D,15D,16D,17D. The normalized spacial score (nSPS) is 14.5. The molecule has 0 saturated heterocycles. The van der Waals surface area contributed by atoms with Crippen molar-refractivity contribution in [2.75, 3.05) is 0 Å². The van der Waals surface area contributed by atoms with Gasteiger partial charge in [0.05, 0.1) is 24.9 Å². The summed E-state index contributed by atoms with van der Waals surface area (Å²) < 4.78 is 92.2. The third-order valence-corrected chi connectivity index (χ3v) is 8.25. The van der Waals surface area contributed by atoms with Crippen molar-refractivity contribution in [2.24, 2.45) is 0 Å². The van der Waals surface area contributed by atoms with E-state index < -0.39 is 60.4 Å². The molecule has 0 aliphatic carbocycles. The Labute approximate surface area is 280 Å². The summed E-state index contributed by atoms with van der Waals surface area (Å²) >= 11 is 0. The molecule has 0 unspecified atom stereocenters. The van der Waals surface area contributed by atoms with Crippen LogP contribution in [0, 0.1) is 0 Å². The van der Waals surface area contributed by atoms with Gasteiger partial charge in [0.1, 0.15) is 17.0 Å². The second-order valence-corrected chi connectivity index (χ2v) is 10.8. The first-order valence-corrected chi connectivity index (χ1v) is 14.7. The number of benzene rings is 6. The third kappa shape index (κ3) is 4.15. The highest BCUT2D eigenvalue weighted by molar-refractivity contribution is 6.07. The van der Waals surface area contributed by atoms with Gasteiger partial charge < -0.3 is 0 Å². The third-order valence-electron chi connectivity index (χ3n) is 8.25. The van der Waals surface area contributed by atoms with Gasteiger partial charge >= 0.3 is 0 Å². The number of hydrogen-bond acceptors (Lipinski definition) is 1. The molecule has 0 amide bonds. The van der Waals surface area contributed by atoms with E-state index in [4.69, 9.17) is 18.7 Å². The van der Waals surface area contributed by atoms with Crippen LogP contribution in [-0.4, -0.2) is 14.1 Å². The Hall–Kier alpha value is -6.26. The first kappa shape index (κ1) is 17.9. The Balaban J connectivity index is 1.37. The van der Waals surface area contributed by atoms with E-state index in [1.165, 1.54) is 0 Å². The number of pyridine rings is 1. The lowest BCUT2D eigenvalue weighted by Gasteiger charge is -2.13. The largest absolute Gasteiger partial charge is 0.294 e. The Morgan fingerprint density at radius 3 is 1.96 bits per heavy atom. The number of hydrogen-bond donors (Lipinski definition) is 0. The van der Waals surface area contributed by atoms with Crippen molar-refractivity contribution in [2.45, 2.75) is 0 Å². The predicted molar refractivity (Wildman–Crippen MR) is 188 cm³/mol. The minimum Gasteiger partial charge on any atom is -0.294 e. The van der Waals surface area contributed by atoms with Gasteiger partial charge in [-0.05, 0) is 53.6 Å². The Kier molecular flexibility index (Phi) is 4.17. The van der Waals surface area contributed by atoms with E-state index in [-0.39, 0.29) is 27.9 Å². The number of rotatable bonds is 5. The van der Waals surface area contributed by atoms with Crippen molar-refractivity contribution < 1.29 is 18.3 Å². The summed E-state index contributed by atoms with van der Waals surface area (Å²) in [6, 6.07) is 27.5. The fraction of sp³-hybridized carbons (Fsp3) is 0. The first-order chi connectivity index (χ1) is 27.0. The molecule has 4 heteroatoms. The number of fused-ring (bicyclic) bond motifs is 4. The van der Waals surface area contributed by atoms with Crippen molar-refractivity contribution >= 4 is 33.0 Å². The number of para-hydroxylation sites is 4. The monoisotopic (exact) mass is 599 g/mol. The molecule has 0 atom stereocenters. The van der Waals surface area contributed by atoms with Crippen LogP contribution in [0.1, 0.15) is 13.7 Å². The summed E-state index contributed by atoms with van der Waals surface area (Å²) in [4.78, 5) is 4.75. The van der Waals surface area contributed by atoms with E-state index in [9.17, 15) is 0 Å². The lowest BCUT2D eigenvalue weighted by molar-refractivity contribution is -0.566. The van der Waals surface area contributed by atoms with Crippen molar-refractivity contribution in [3.05, 3.63) is 176 Å². The average molecular weight is 600 g/mol. The topological polar surface area (TPSA) is 26.6 Å². The van der Waals surface area contributed by atoms with Crippen LogP contribution in [0.5, 0.6) is 0 Å². The van der Waals surface area contributed by atoms with Gasteiger partial charge in [-0.15, -0.1) is 0 Å². The zero-order valence-corrected chi connectivity index (χ0v) is 24.3. The predicted octanol–water partition coefficient (Wildman–Crippen LogP) is 9.73. The molecule has 46 heavy (non-hydrogen) atoms. The maximum absolute atomic E-state index is 8.94. The van der Waals surface area contributed by atoms with E-state index in [0.29, 0.717) is 5.52 Å². The maximum atomic E-state index is 8.94. The molecular formula is C42H29N4+. The number of nitrogens with zero attached hydrogens (tertiary/aromatic N) is 4. The summed E-state index contributed by atoms with van der Waals surface area (Å²) in [6.45, 7) is 0. The summed E-state index contributed by atoms with van der Waals surface area (Å²) in [5, 5.41) is 2.08. The van der Waals surface area contributed by atoms with Crippen molar-refractivity contribution in [1.29, 1.82) is 0 Å². The summed E-state index contributed by atoms with van der Waals surface area (Å²) in [7, 11) is 0. The first-order valence-electron chi connectivity index (χ1n) is 19.7. The second-order valence-electron chi connectivity index (χ2n) is 10.8. The molecule has 0 saturated carbocycles. The van der Waals surface area contributed by atoms with Crippen molar-refractivity contribution in [1.82, 2.24) is 14.1 Å². The molecule has 3 heterocycles. The smallest absolute Gasteiger partial charge is 0.255 e. The number of aromatic nitrogens is 4. The van der Waals surface area contributed by atoms with E-state index in [1.54, 1.807) is 35.3 Å². The molecule has 0 radical (unpaired) electrons. The van der Waals surface area contributed by atoms with Gasteiger partial charge in [0.15, 0.2) is 11.0 Å². The van der Waals surface area contributed by atoms with Gasteiger partial charge in [0.2, 0.25) is 0 Å². The van der Waals surface area contributed by atoms with Crippen molar-refractivity contribution in [3.8, 4) is 39.3 Å². The lowest BCUT2D eigenvalue weighted by Crippen LogP contribution is -2.30. The summed E-state index contributed by atoms with van der Waals surface area (Å²) in [5.74, 6) is 0. The molecule has 9 rings (SSSR count). The van der Waals surface area contributed by atoms with Crippen LogP contribution in [0.3, 0.4) is 0 Å². The molecule has 4 nitrogen and oxygen atoms in total. The van der Waals surface area contributed by atoms with Crippen LogP contribution in [0.2, 0.25) is 0 Å². The quantitative estimate of drug-likeness (QED) is 0.181.